The van der Waals surface area contributed by atoms with Gasteiger partial charge < -0.3 is 15.0 Å². The Bertz CT molecular complexity index is 929. The molecule has 0 bridgehead atoms. The van der Waals surface area contributed by atoms with Gasteiger partial charge in [0, 0.05) is 30.8 Å². The minimum Gasteiger partial charge on any atom is -0.394 e. The quantitative estimate of drug-likeness (QED) is 0.752. The zero-order valence-corrected chi connectivity index (χ0v) is 14.9. The molecule has 136 valence electrons. The minimum atomic E-state index is 0.0543. The van der Waals surface area contributed by atoms with Gasteiger partial charge in [0.05, 0.1) is 29.9 Å². The molecule has 1 aliphatic rings. The van der Waals surface area contributed by atoms with E-state index in [1.807, 2.05) is 42.3 Å². The van der Waals surface area contributed by atoms with E-state index in [2.05, 4.69) is 15.1 Å². The Morgan fingerprint density at radius 2 is 2.27 bits per heavy atom. The van der Waals surface area contributed by atoms with Crippen LogP contribution in [0.4, 0.5) is 0 Å². The number of fused-ring (bicyclic) bond motifs is 1. The summed E-state index contributed by atoms with van der Waals surface area (Å²) in [6.07, 6.45) is 3.88. The number of piperidine rings is 1. The summed E-state index contributed by atoms with van der Waals surface area (Å²) in [5, 5.41) is 13.6. The molecule has 0 spiro atoms. The zero-order chi connectivity index (χ0) is 18.1. The third-order valence-corrected chi connectivity index (χ3v) is 4.96. The fraction of sp³-hybridized carbons (Fsp3) is 0.421. The third-order valence-electron chi connectivity index (χ3n) is 4.96. The van der Waals surface area contributed by atoms with Gasteiger partial charge in [-0.2, -0.15) is 5.10 Å². The molecule has 26 heavy (non-hydrogen) atoms. The van der Waals surface area contributed by atoms with Crippen LogP contribution in [0.25, 0.3) is 11.0 Å². The monoisotopic (exact) mass is 353 g/mol. The zero-order valence-electron chi connectivity index (χ0n) is 14.9. The number of aliphatic hydroxyl groups excluding tert-OH is 1. The molecule has 0 aliphatic carbocycles. The van der Waals surface area contributed by atoms with Crippen LogP contribution in [0, 0.1) is 6.92 Å². The molecule has 0 saturated carbocycles. The van der Waals surface area contributed by atoms with Gasteiger partial charge in [-0.15, -0.1) is 0 Å². The number of rotatable bonds is 4. The molecule has 2 aromatic heterocycles. The first-order chi connectivity index (χ1) is 12.6. The smallest absolute Gasteiger partial charge is 0.253 e. The molecule has 1 saturated heterocycles. The highest BCUT2D eigenvalue weighted by Crippen LogP contribution is 2.27. The number of imidazole rings is 1. The molecule has 3 aromatic rings. The Labute approximate surface area is 151 Å². The van der Waals surface area contributed by atoms with E-state index in [0.717, 1.165) is 41.9 Å². The first-order valence-electron chi connectivity index (χ1n) is 9.04. The molecule has 1 fully saturated rings. The van der Waals surface area contributed by atoms with Gasteiger partial charge in [0.25, 0.3) is 5.91 Å². The van der Waals surface area contributed by atoms with E-state index in [1.54, 1.807) is 4.68 Å². The molecule has 1 amide bonds. The largest absolute Gasteiger partial charge is 0.394 e. The van der Waals surface area contributed by atoms with Gasteiger partial charge in [-0.05, 0) is 44.0 Å². The Hall–Kier alpha value is -2.67. The molecular weight excluding hydrogens is 330 g/mol. The fourth-order valence-corrected chi connectivity index (χ4v) is 3.68. The van der Waals surface area contributed by atoms with Crippen molar-refractivity contribution in [3.05, 3.63) is 47.5 Å². The highest BCUT2D eigenvalue weighted by molar-refractivity contribution is 5.97. The number of benzene rings is 1. The summed E-state index contributed by atoms with van der Waals surface area (Å²) < 4.78 is 1.75. The number of aromatic nitrogens is 4. The van der Waals surface area contributed by atoms with E-state index >= 15 is 0 Å². The SMILES string of the molecule is Cc1nc2ccc(C(=O)N3CCC[C@H](c4ccn(CCO)n4)C3)cc2[nH]1. The predicted octanol–water partition coefficient (Wildman–Crippen LogP) is 2.08. The lowest BCUT2D eigenvalue weighted by molar-refractivity contribution is 0.0706. The first kappa shape index (κ1) is 16.8. The van der Waals surface area contributed by atoms with Crippen molar-refractivity contribution in [2.75, 3.05) is 19.7 Å². The number of H-pyrrole nitrogens is 1. The van der Waals surface area contributed by atoms with Crippen molar-refractivity contribution in [1.82, 2.24) is 24.6 Å². The third kappa shape index (κ3) is 3.22. The molecule has 1 aromatic carbocycles. The fourth-order valence-electron chi connectivity index (χ4n) is 3.68. The van der Waals surface area contributed by atoms with Gasteiger partial charge in [0.1, 0.15) is 5.82 Å². The molecule has 3 heterocycles. The van der Waals surface area contributed by atoms with Crippen LogP contribution < -0.4 is 0 Å². The molecule has 4 rings (SSSR count). The maximum Gasteiger partial charge on any atom is 0.253 e. The summed E-state index contributed by atoms with van der Waals surface area (Å²) in [5.41, 5.74) is 3.46. The van der Waals surface area contributed by atoms with Crippen molar-refractivity contribution in [1.29, 1.82) is 0 Å². The number of aryl methyl sites for hydroxylation is 1. The average molecular weight is 353 g/mol. The number of carbonyl (C=O) groups is 1. The summed E-state index contributed by atoms with van der Waals surface area (Å²) in [6, 6.07) is 7.62. The van der Waals surface area contributed by atoms with E-state index in [4.69, 9.17) is 5.11 Å². The van der Waals surface area contributed by atoms with Crippen LogP contribution in [0.5, 0.6) is 0 Å². The topological polar surface area (TPSA) is 87.0 Å². The molecule has 7 nitrogen and oxygen atoms in total. The lowest BCUT2D eigenvalue weighted by atomic mass is 9.94. The molecule has 1 atom stereocenters. The summed E-state index contributed by atoms with van der Waals surface area (Å²) in [6.45, 7) is 3.93. The summed E-state index contributed by atoms with van der Waals surface area (Å²) in [4.78, 5) is 22.5. The second-order valence-electron chi connectivity index (χ2n) is 6.87. The lowest BCUT2D eigenvalue weighted by Gasteiger charge is -2.32. The number of nitrogens with one attached hydrogen (secondary N) is 1. The number of nitrogens with zero attached hydrogens (tertiary/aromatic N) is 4. The normalized spacial score (nSPS) is 17.8. The maximum absolute atomic E-state index is 13.0. The molecule has 1 aliphatic heterocycles. The van der Waals surface area contributed by atoms with E-state index in [1.165, 1.54) is 0 Å². The standard InChI is InChI=1S/C19H23N5O2/c1-13-20-17-5-4-14(11-18(17)21-13)19(26)23-7-2-3-15(12-23)16-6-8-24(22-16)9-10-25/h4-6,8,11,15,25H,2-3,7,9-10,12H2,1H3,(H,20,21)/t15-/m0/s1. The maximum atomic E-state index is 13.0. The van der Waals surface area contributed by atoms with E-state index in [9.17, 15) is 4.79 Å². The summed E-state index contributed by atoms with van der Waals surface area (Å²) in [7, 11) is 0. The van der Waals surface area contributed by atoms with Crippen molar-refractivity contribution in [2.24, 2.45) is 0 Å². The number of hydrogen-bond acceptors (Lipinski definition) is 4. The number of amides is 1. The van der Waals surface area contributed by atoms with E-state index in [0.29, 0.717) is 18.7 Å². The Morgan fingerprint density at radius 3 is 3.12 bits per heavy atom. The summed E-state index contributed by atoms with van der Waals surface area (Å²) >= 11 is 0. The molecular formula is C19H23N5O2. The van der Waals surface area contributed by atoms with E-state index in [-0.39, 0.29) is 18.4 Å². The number of likely N-dealkylation sites (tertiary alicyclic amines) is 1. The van der Waals surface area contributed by atoms with Gasteiger partial charge in [0.2, 0.25) is 0 Å². The summed E-state index contributed by atoms with van der Waals surface area (Å²) in [5.74, 6) is 1.14. The average Bonchev–Trinajstić information content (AvgIpc) is 3.26. The number of hydrogen-bond donors (Lipinski definition) is 2. The minimum absolute atomic E-state index is 0.0543. The van der Waals surface area contributed by atoms with E-state index < -0.39 is 0 Å². The van der Waals surface area contributed by atoms with Gasteiger partial charge >= 0.3 is 0 Å². The van der Waals surface area contributed by atoms with Crippen LogP contribution in [-0.2, 0) is 6.54 Å². The van der Waals surface area contributed by atoms with Crippen LogP contribution in [0.3, 0.4) is 0 Å². The number of carbonyl (C=O) groups excluding carboxylic acids is 1. The number of aromatic amines is 1. The Morgan fingerprint density at radius 1 is 1.38 bits per heavy atom. The van der Waals surface area contributed by atoms with Crippen molar-refractivity contribution in [3.8, 4) is 0 Å². The van der Waals surface area contributed by atoms with Crippen LogP contribution in [0.1, 0.15) is 40.6 Å². The highest BCUT2D eigenvalue weighted by Gasteiger charge is 2.27. The highest BCUT2D eigenvalue weighted by atomic mass is 16.3. The predicted molar refractivity (Wildman–Crippen MR) is 98.0 cm³/mol. The molecule has 0 unspecified atom stereocenters. The van der Waals surface area contributed by atoms with Crippen LogP contribution >= 0.6 is 0 Å². The molecule has 7 heteroatoms. The van der Waals surface area contributed by atoms with Crippen molar-refractivity contribution in [3.63, 3.8) is 0 Å². The van der Waals surface area contributed by atoms with Crippen LogP contribution in [-0.4, -0.2) is 55.4 Å². The Balaban J connectivity index is 1.51. The van der Waals surface area contributed by atoms with Crippen LogP contribution in [0.2, 0.25) is 0 Å². The van der Waals surface area contributed by atoms with Gasteiger partial charge in [-0.3, -0.25) is 9.48 Å². The molecule has 0 radical (unpaired) electrons. The first-order valence-corrected chi connectivity index (χ1v) is 9.04. The van der Waals surface area contributed by atoms with Crippen molar-refractivity contribution >= 4 is 16.9 Å². The van der Waals surface area contributed by atoms with Crippen LogP contribution in [0.15, 0.2) is 30.5 Å². The van der Waals surface area contributed by atoms with Gasteiger partial charge in [-0.1, -0.05) is 0 Å². The second-order valence-corrected chi connectivity index (χ2v) is 6.87. The Kier molecular flexibility index (Phi) is 4.46. The van der Waals surface area contributed by atoms with Gasteiger partial charge in [0.15, 0.2) is 0 Å². The second kappa shape index (κ2) is 6.92. The van der Waals surface area contributed by atoms with Gasteiger partial charge in [-0.25, -0.2) is 4.98 Å². The lowest BCUT2D eigenvalue weighted by Crippen LogP contribution is -2.39. The van der Waals surface area contributed by atoms with Crippen molar-refractivity contribution < 1.29 is 9.90 Å². The van der Waals surface area contributed by atoms with Crippen molar-refractivity contribution in [2.45, 2.75) is 32.2 Å². The molecule has 2 N–H and O–H groups in total. The number of aliphatic hydroxyl groups is 1.